The van der Waals surface area contributed by atoms with Crippen LogP contribution in [-0.4, -0.2) is 26.8 Å². The predicted molar refractivity (Wildman–Crippen MR) is 66.6 cm³/mol. The third-order valence-corrected chi connectivity index (χ3v) is 2.66. The first-order valence-corrected chi connectivity index (χ1v) is 5.47. The lowest BCUT2D eigenvalue weighted by Gasteiger charge is -2.03. The second-order valence-corrected chi connectivity index (χ2v) is 3.83. The lowest BCUT2D eigenvalue weighted by molar-refractivity contribution is 0.416. The molecule has 0 aliphatic heterocycles. The molecule has 5 nitrogen and oxygen atoms in total. The van der Waals surface area contributed by atoms with Crippen molar-refractivity contribution in [3.63, 3.8) is 0 Å². The number of ether oxygens (including phenoxy) is 1. The Morgan fingerprint density at radius 3 is 2.83 bits per heavy atom. The second kappa shape index (κ2) is 4.03. The van der Waals surface area contributed by atoms with E-state index >= 15 is 0 Å². The van der Waals surface area contributed by atoms with Gasteiger partial charge in [0, 0.05) is 0 Å². The molecule has 2 aromatic heterocycles. The summed E-state index contributed by atoms with van der Waals surface area (Å²) in [4.78, 5) is 4.39. The van der Waals surface area contributed by atoms with Crippen molar-refractivity contribution >= 4 is 5.65 Å². The minimum absolute atomic E-state index is 0.152. The molecule has 18 heavy (non-hydrogen) atoms. The summed E-state index contributed by atoms with van der Waals surface area (Å²) in [6, 6.07) is 10.8. The fourth-order valence-electron chi connectivity index (χ4n) is 1.82. The molecule has 0 saturated heterocycles. The summed E-state index contributed by atoms with van der Waals surface area (Å²) in [5, 5.41) is 13.7. The van der Waals surface area contributed by atoms with Gasteiger partial charge in [0.15, 0.2) is 11.5 Å². The van der Waals surface area contributed by atoms with Crippen LogP contribution in [0.2, 0.25) is 0 Å². The molecule has 3 aromatic rings. The monoisotopic (exact) mass is 241 g/mol. The summed E-state index contributed by atoms with van der Waals surface area (Å²) in [5.74, 6) is 1.44. The van der Waals surface area contributed by atoms with Crippen molar-refractivity contribution in [2.75, 3.05) is 7.11 Å². The number of aromatic nitrogens is 3. The van der Waals surface area contributed by atoms with E-state index in [1.165, 1.54) is 10.7 Å². The quantitative estimate of drug-likeness (QED) is 0.746. The Hall–Kier alpha value is -2.56. The molecule has 1 N–H and O–H groups in total. The maximum absolute atomic E-state index is 9.40. The van der Waals surface area contributed by atoms with E-state index in [4.69, 9.17) is 4.74 Å². The Morgan fingerprint density at radius 2 is 2.00 bits per heavy atom. The van der Waals surface area contributed by atoms with Gasteiger partial charge in [-0.3, -0.25) is 0 Å². The van der Waals surface area contributed by atoms with Gasteiger partial charge in [0.1, 0.15) is 11.5 Å². The standard InChI is InChI=1S/C13H11N3O2/c1-18-11-5-3-2-4-10(11)13-14-12-7-6-9(17)8-16(12)15-13/h2-8,17H,1H3. The minimum atomic E-state index is 0.152. The van der Waals surface area contributed by atoms with Gasteiger partial charge in [-0.05, 0) is 24.3 Å². The maximum atomic E-state index is 9.40. The van der Waals surface area contributed by atoms with Gasteiger partial charge in [-0.1, -0.05) is 12.1 Å². The second-order valence-electron chi connectivity index (χ2n) is 3.83. The van der Waals surface area contributed by atoms with Crippen molar-refractivity contribution < 1.29 is 9.84 Å². The Bertz CT molecular complexity index is 706. The van der Waals surface area contributed by atoms with E-state index in [1.54, 1.807) is 19.2 Å². The van der Waals surface area contributed by atoms with Crippen molar-refractivity contribution in [2.24, 2.45) is 0 Å². The van der Waals surface area contributed by atoms with Crippen LogP contribution in [-0.2, 0) is 0 Å². The lowest BCUT2D eigenvalue weighted by atomic mass is 10.2. The van der Waals surface area contributed by atoms with Crippen LogP contribution in [0.5, 0.6) is 11.5 Å². The summed E-state index contributed by atoms with van der Waals surface area (Å²) in [7, 11) is 1.61. The van der Waals surface area contributed by atoms with Gasteiger partial charge in [0.05, 0.1) is 18.9 Å². The third-order valence-electron chi connectivity index (χ3n) is 2.66. The van der Waals surface area contributed by atoms with E-state index in [0.717, 1.165) is 11.3 Å². The third kappa shape index (κ3) is 1.66. The molecule has 0 bridgehead atoms. The molecule has 0 atom stereocenters. The van der Waals surface area contributed by atoms with E-state index in [2.05, 4.69) is 10.1 Å². The van der Waals surface area contributed by atoms with Crippen LogP contribution in [0.25, 0.3) is 17.0 Å². The first-order valence-electron chi connectivity index (χ1n) is 5.47. The van der Waals surface area contributed by atoms with E-state index < -0.39 is 0 Å². The molecule has 0 aliphatic rings. The number of hydrogen-bond donors (Lipinski definition) is 1. The first kappa shape index (κ1) is 10.6. The van der Waals surface area contributed by atoms with Crippen molar-refractivity contribution in [3.8, 4) is 22.9 Å². The molecule has 0 fully saturated rings. The van der Waals surface area contributed by atoms with Gasteiger partial charge in [-0.25, -0.2) is 9.50 Å². The number of pyridine rings is 1. The molecule has 2 heterocycles. The van der Waals surface area contributed by atoms with Crippen LogP contribution in [0, 0.1) is 0 Å². The summed E-state index contributed by atoms with van der Waals surface area (Å²) in [6.07, 6.45) is 1.52. The number of hydrogen-bond acceptors (Lipinski definition) is 4. The van der Waals surface area contributed by atoms with E-state index in [0.29, 0.717) is 11.5 Å². The molecule has 3 rings (SSSR count). The number of para-hydroxylation sites is 1. The maximum Gasteiger partial charge on any atom is 0.185 e. The van der Waals surface area contributed by atoms with Crippen LogP contribution < -0.4 is 4.74 Å². The molecule has 5 heteroatoms. The van der Waals surface area contributed by atoms with E-state index in [-0.39, 0.29) is 5.75 Å². The zero-order valence-electron chi connectivity index (χ0n) is 9.74. The minimum Gasteiger partial charge on any atom is -0.506 e. The van der Waals surface area contributed by atoms with Gasteiger partial charge >= 0.3 is 0 Å². The number of nitrogens with zero attached hydrogens (tertiary/aromatic N) is 3. The van der Waals surface area contributed by atoms with E-state index in [1.807, 2.05) is 24.3 Å². The summed E-state index contributed by atoms with van der Waals surface area (Å²) >= 11 is 0. The highest BCUT2D eigenvalue weighted by Crippen LogP contribution is 2.27. The summed E-state index contributed by atoms with van der Waals surface area (Å²) < 4.78 is 6.82. The summed E-state index contributed by atoms with van der Waals surface area (Å²) in [6.45, 7) is 0. The van der Waals surface area contributed by atoms with Crippen molar-refractivity contribution in [1.82, 2.24) is 14.6 Å². The molecule has 0 amide bonds. The highest BCUT2D eigenvalue weighted by atomic mass is 16.5. The first-order chi connectivity index (χ1) is 8.78. The largest absolute Gasteiger partial charge is 0.506 e. The molecule has 1 aromatic carbocycles. The predicted octanol–water partition coefficient (Wildman–Crippen LogP) is 2.11. The van der Waals surface area contributed by atoms with Crippen LogP contribution >= 0.6 is 0 Å². The molecule has 0 spiro atoms. The normalized spacial score (nSPS) is 10.7. The lowest BCUT2D eigenvalue weighted by Crippen LogP contribution is -1.89. The number of aromatic hydroxyl groups is 1. The molecule has 90 valence electrons. The SMILES string of the molecule is COc1ccccc1-c1nc2ccc(O)cn2n1. The topological polar surface area (TPSA) is 59.7 Å². The van der Waals surface area contributed by atoms with Gasteiger partial charge in [0.25, 0.3) is 0 Å². The molecule has 0 radical (unpaired) electrons. The van der Waals surface area contributed by atoms with Crippen LogP contribution in [0.3, 0.4) is 0 Å². The fraction of sp³-hybridized carbons (Fsp3) is 0.0769. The zero-order chi connectivity index (χ0) is 12.5. The van der Waals surface area contributed by atoms with Gasteiger partial charge in [-0.15, -0.1) is 5.10 Å². The Labute approximate surface area is 103 Å². The molecule has 0 unspecified atom stereocenters. The Morgan fingerprint density at radius 1 is 1.17 bits per heavy atom. The van der Waals surface area contributed by atoms with Crippen LogP contribution in [0.1, 0.15) is 0 Å². The number of benzene rings is 1. The van der Waals surface area contributed by atoms with Crippen molar-refractivity contribution in [1.29, 1.82) is 0 Å². The van der Waals surface area contributed by atoms with Crippen LogP contribution in [0.15, 0.2) is 42.6 Å². The van der Waals surface area contributed by atoms with Crippen molar-refractivity contribution in [3.05, 3.63) is 42.6 Å². The van der Waals surface area contributed by atoms with Gasteiger partial charge in [-0.2, -0.15) is 0 Å². The molecular weight excluding hydrogens is 230 g/mol. The fourth-order valence-corrected chi connectivity index (χ4v) is 1.82. The van der Waals surface area contributed by atoms with Gasteiger partial charge < -0.3 is 9.84 Å². The smallest absolute Gasteiger partial charge is 0.185 e. The Kier molecular flexibility index (Phi) is 2.37. The summed E-state index contributed by atoms with van der Waals surface area (Å²) in [5.41, 5.74) is 1.50. The average Bonchev–Trinajstić information content (AvgIpc) is 2.81. The molecule has 0 saturated carbocycles. The van der Waals surface area contributed by atoms with Crippen LogP contribution in [0.4, 0.5) is 0 Å². The zero-order valence-corrected chi connectivity index (χ0v) is 9.74. The van der Waals surface area contributed by atoms with E-state index in [9.17, 15) is 5.11 Å². The highest BCUT2D eigenvalue weighted by molar-refractivity contribution is 5.65. The van der Waals surface area contributed by atoms with Gasteiger partial charge in [0.2, 0.25) is 0 Å². The average molecular weight is 241 g/mol. The number of rotatable bonds is 2. The molecular formula is C13H11N3O2. The molecule has 0 aliphatic carbocycles. The number of fused-ring (bicyclic) bond motifs is 1. The number of methoxy groups -OCH3 is 1. The highest BCUT2D eigenvalue weighted by Gasteiger charge is 2.10. The van der Waals surface area contributed by atoms with Crippen molar-refractivity contribution in [2.45, 2.75) is 0 Å². The Balaban J connectivity index is 2.19.